The maximum Gasteiger partial charge on any atom is 0.244 e. The van der Waals surface area contributed by atoms with Crippen molar-refractivity contribution in [3.8, 4) is 0 Å². The van der Waals surface area contributed by atoms with Gasteiger partial charge in [0.05, 0.1) is 0 Å². The summed E-state index contributed by atoms with van der Waals surface area (Å²) < 4.78 is 0. The van der Waals surface area contributed by atoms with E-state index in [2.05, 4.69) is 5.32 Å². The van der Waals surface area contributed by atoms with Gasteiger partial charge in [0.1, 0.15) is 12.1 Å². The van der Waals surface area contributed by atoms with Crippen molar-refractivity contribution < 1.29 is 9.59 Å². The van der Waals surface area contributed by atoms with E-state index < -0.39 is 12.1 Å². The zero-order valence-electron chi connectivity index (χ0n) is 12.5. The number of nitrogens with two attached hydrogens (primary N) is 1. The van der Waals surface area contributed by atoms with Crippen LogP contribution < -0.4 is 11.1 Å². The molecule has 0 aliphatic heterocycles. The first-order valence-corrected chi connectivity index (χ1v) is 6.74. The SMILES string of the molecule is CCN(C)C(=O)C(C)NC(=O)C(N)c1ccc(C)cc1. The summed E-state index contributed by atoms with van der Waals surface area (Å²) in [7, 11) is 1.70. The van der Waals surface area contributed by atoms with Gasteiger partial charge in [0.25, 0.3) is 0 Å². The third-order valence-corrected chi connectivity index (χ3v) is 3.30. The largest absolute Gasteiger partial charge is 0.344 e. The number of rotatable bonds is 5. The molecular weight excluding hydrogens is 254 g/mol. The first-order valence-electron chi connectivity index (χ1n) is 6.74. The number of benzene rings is 1. The summed E-state index contributed by atoms with van der Waals surface area (Å²) in [4.78, 5) is 25.5. The van der Waals surface area contributed by atoms with Crippen molar-refractivity contribution in [2.24, 2.45) is 5.73 Å². The highest BCUT2D eigenvalue weighted by molar-refractivity contribution is 5.89. The lowest BCUT2D eigenvalue weighted by Crippen LogP contribution is -2.48. The van der Waals surface area contributed by atoms with Gasteiger partial charge in [0, 0.05) is 13.6 Å². The molecule has 0 aliphatic carbocycles. The second-order valence-electron chi connectivity index (χ2n) is 4.97. The molecule has 2 amide bonds. The Morgan fingerprint density at radius 1 is 1.30 bits per heavy atom. The first kappa shape index (κ1) is 16.2. The quantitative estimate of drug-likeness (QED) is 0.842. The fraction of sp³-hybridized carbons (Fsp3) is 0.467. The number of aryl methyl sites for hydroxylation is 1. The van der Waals surface area contributed by atoms with Crippen LogP contribution >= 0.6 is 0 Å². The van der Waals surface area contributed by atoms with Crippen molar-refractivity contribution in [1.82, 2.24) is 10.2 Å². The van der Waals surface area contributed by atoms with Crippen LogP contribution in [0.25, 0.3) is 0 Å². The molecule has 1 rings (SSSR count). The lowest BCUT2D eigenvalue weighted by atomic mass is 10.0. The summed E-state index contributed by atoms with van der Waals surface area (Å²) in [6.07, 6.45) is 0. The molecule has 110 valence electrons. The van der Waals surface area contributed by atoms with E-state index in [1.54, 1.807) is 18.9 Å². The van der Waals surface area contributed by atoms with E-state index in [0.717, 1.165) is 11.1 Å². The molecule has 0 aliphatic rings. The normalized spacial score (nSPS) is 13.4. The fourth-order valence-corrected chi connectivity index (χ4v) is 1.78. The molecular formula is C15H23N3O2. The van der Waals surface area contributed by atoms with Crippen molar-refractivity contribution in [2.45, 2.75) is 32.9 Å². The van der Waals surface area contributed by atoms with Gasteiger partial charge < -0.3 is 16.0 Å². The number of hydrogen-bond acceptors (Lipinski definition) is 3. The molecule has 20 heavy (non-hydrogen) atoms. The predicted molar refractivity (Wildman–Crippen MR) is 79.0 cm³/mol. The van der Waals surface area contributed by atoms with Crippen LogP contribution in [0, 0.1) is 6.92 Å². The molecule has 5 nitrogen and oxygen atoms in total. The maximum absolute atomic E-state index is 12.0. The smallest absolute Gasteiger partial charge is 0.244 e. The number of likely N-dealkylation sites (N-methyl/N-ethyl adjacent to an activating group) is 1. The standard InChI is InChI=1S/C15H23N3O2/c1-5-18(4)15(20)11(3)17-14(19)13(16)12-8-6-10(2)7-9-12/h6-9,11,13H,5,16H2,1-4H3,(H,17,19). The van der Waals surface area contributed by atoms with Crippen LogP contribution in [0.4, 0.5) is 0 Å². The summed E-state index contributed by atoms with van der Waals surface area (Å²) in [5, 5.41) is 2.65. The van der Waals surface area contributed by atoms with Gasteiger partial charge in [-0.1, -0.05) is 29.8 Å². The van der Waals surface area contributed by atoms with Crippen molar-refractivity contribution in [3.05, 3.63) is 35.4 Å². The Morgan fingerprint density at radius 2 is 1.85 bits per heavy atom. The zero-order chi connectivity index (χ0) is 15.3. The lowest BCUT2D eigenvalue weighted by molar-refractivity contribution is -0.135. The Labute approximate surface area is 120 Å². The Hall–Kier alpha value is -1.88. The van der Waals surface area contributed by atoms with Crippen LogP contribution in [-0.4, -0.2) is 36.3 Å². The third-order valence-electron chi connectivity index (χ3n) is 3.30. The van der Waals surface area contributed by atoms with Gasteiger partial charge in [0.2, 0.25) is 11.8 Å². The molecule has 5 heteroatoms. The second-order valence-corrected chi connectivity index (χ2v) is 4.97. The van der Waals surface area contributed by atoms with Crippen LogP contribution in [-0.2, 0) is 9.59 Å². The molecule has 0 fully saturated rings. The summed E-state index contributed by atoms with van der Waals surface area (Å²) in [6, 6.07) is 6.11. The lowest BCUT2D eigenvalue weighted by Gasteiger charge is -2.22. The van der Waals surface area contributed by atoms with E-state index in [4.69, 9.17) is 5.73 Å². The van der Waals surface area contributed by atoms with Gasteiger partial charge in [-0.3, -0.25) is 9.59 Å². The van der Waals surface area contributed by atoms with E-state index in [0.29, 0.717) is 6.54 Å². The van der Waals surface area contributed by atoms with Crippen molar-refractivity contribution in [3.63, 3.8) is 0 Å². The minimum atomic E-state index is -0.766. The molecule has 0 bridgehead atoms. The number of hydrogen-bond donors (Lipinski definition) is 2. The molecule has 2 atom stereocenters. The van der Waals surface area contributed by atoms with Crippen molar-refractivity contribution in [1.29, 1.82) is 0 Å². The van der Waals surface area contributed by atoms with E-state index >= 15 is 0 Å². The summed E-state index contributed by atoms with van der Waals surface area (Å²) in [6.45, 7) is 6.11. The molecule has 0 aromatic heterocycles. The molecule has 2 unspecified atom stereocenters. The highest BCUT2D eigenvalue weighted by Crippen LogP contribution is 2.11. The Kier molecular flexibility index (Phi) is 5.70. The number of nitrogens with one attached hydrogen (secondary N) is 1. The number of amides is 2. The Bertz CT molecular complexity index is 471. The highest BCUT2D eigenvalue weighted by Gasteiger charge is 2.22. The number of nitrogens with zero attached hydrogens (tertiary/aromatic N) is 1. The predicted octanol–water partition coefficient (Wildman–Crippen LogP) is 0.978. The monoisotopic (exact) mass is 277 g/mol. The molecule has 0 saturated heterocycles. The maximum atomic E-state index is 12.0. The van der Waals surface area contributed by atoms with Gasteiger partial charge in [-0.15, -0.1) is 0 Å². The van der Waals surface area contributed by atoms with Crippen LogP contribution in [0.3, 0.4) is 0 Å². The molecule has 1 aromatic carbocycles. The van der Waals surface area contributed by atoms with E-state index in [1.807, 2.05) is 38.1 Å². The van der Waals surface area contributed by atoms with Crippen LogP contribution in [0.15, 0.2) is 24.3 Å². The number of carbonyl (C=O) groups excluding carboxylic acids is 2. The molecule has 1 aromatic rings. The van der Waals surface area contributed by atoms with E-state index in [-0.39, 0.29) is 11.8 Å². The minimum Gasteiger partial charge on any atom is -0.344 e. The average molecular weight is 277 g/mol. The van der Waals surface area contributed by atoms with Crippen LogP contribution in [0.2, 0.25) is 0 Å². The zero-order valence-corrected chi connectivity index (χ0v) is 12.5. The summed E-state index contributed by atoms with van der Waals surface area (Å²) in [5.41, 5.74) is 7.75. The van der Waals surface area contributed by atoms with Crippen LogP contribution in [0.1, 0.15) is 31.0 Å². The third kappa shape index (κ3) is 4.06. The van der Waals surface area contributed by atoms with E-state index in [9.17, 15) is 9.59 Å². The molecule has 0 saturated carbocycles. The van der Waals surface area contributed by atoms with Gasteiger partial charge in [-0.05, 0) is 26.3 Å². The molecule has 3 N–H and O–H groups in total. The minimum absolute atomic E-state index is 0.128. The average Bonchev–Trinajstić information content (AvgIpc) is 2.45. The molecule has 0 radical (unpaired) electrons. The van der Waals surface area contributed by atoms with E-state index in [1.165, 1.54) is 0 Å². The van der Waals surface area contributed by atoms with Gasteiger partial charge in [-0.2, -0.15) is 0 Å². The highest BCUT2D eigenvalue weighted by atomic mass is 16.2. The fourth-order valence-electron chi connectivity index (χ4n) is 1.78. The van der Waals surface area contributed by atoms with Gasteiger partial charge in [-0.25, -0.2) is 0 Å². The first-order chi connectivity index (χ1) is 9.36. The molecule has 0 heterocycles. The van der Waals surface area contributed by atoms with Crippen molar-refractivity contribution in [2.75, 3.05) is 13.6 Å². The number of carbonyl (C=O) groups is 2. The van der Waals surface area contributed by atoms with Gasteiger partial charge in [0.15, 0.2) is 0 Å². The van der Waals surface area contributed by atoms with Crippen LogP contribution in [0.5, 0.6) is 0 Å². The Morgan fingerprint density at radius 3 is 2.35 bits per heavy atom. The summed E-state index contributed by atoms with van der Waals surface area (Å²) >= 11 is 0. The topological polar surface area (TPSA) is 75.4 Å². The Balaban J connectivity index is 2.66. The summed E-state index contributed by atoms with van der Waals surface area (Å²) in [5.74, 6) is -0.476. The molecule has 0 spiro atoms. The second kappa shape index (κ2) is 7.05. The van der Waals surface area contributed by atoms with Crippen molar-refractivity contribution >= 4 is 11.8 Å². The van der Waals surface area contributed by atoms with Gasteiger partial charge >= 0.3 is 0 Å².